The van der Waals surface area contributed by atoms with Crippen molar-refractivity contribution >= 4 is 0 Å². The van der Waals surface area contributed by atoms with E-state index in [9.17, 15) is 0 Å². The second kappa shape index (κ2) is 5.57. The quantitative estimate of drug-likeness (QED) is 0.393. The maximum absolute atomic E-state index is 3.73. The van der Waals surface area contributed by atoms with Gasteiger partial charge in [0, 0.05) is 0 Å². The van der Waals surface area contributed by atoms with E-state index < -0.39 is 0 Å². The van der Waals surface area contributed by atoms with Crippen molar-refractivity contribution in [3.8, 4) is 0 Å². The predicted molar refractivity (Wildman–Crippen MR) is 54.4 cm³/mol. The van der Waals surface area contributed by atoms with E-state index in [0.29, 0.717) is 6.04 Å². The lowest BCUT2D eigenvalue weighted by Gasteiger charge is -2.09. The molecule has 2 nitrogen and oxygen atoms in total. The summed E-state index contributed by atoms with van der Waals surface area (Å²) in [5, 5.41) is 0. The zero-order valence-electron chi connectivity index (χ0n) is 8.37. The van der Waals surface area contributed by atoms with Crippen molar-refractivity contribution in [2.24, 2.45) is 0 Å². The third kappa shape index (κ3) is 3.05. The van der Waals surface area contributed by atoms with E-state index in [1.165, 1.54) is 19.3 Å². The van der Waals surface area contributed by atoms with Gasteiger partial charge in [-0.3, -0.25) is 4.98 Å². The summed E-state index contributed by atoms with van der Waals surface area (Å²) in [5.74, 6) is 0. The standard InChI is InChI=1S/C11H18N2/c1-3-5-6-7-11(4-2)13-9-8-12-10-13/h3,8-11H,1,4-7H2,2H3/p+1. The van der Waals surface area contributed by atoms with Crippen LogP contribution in [0.4, 0.5) is 0 Å². The first-order valence-corrected chi connectivity index (χ1v) is 5.03. The predicted octanol–water partition coefficient (Wildman–Crippen LogP) is 2.61. The number of H-pyrrole nitrogens is 1. The van der Waals surface area contributed by atoms with Crippen molar-refractivity contribution in [1.82, 2.24) is 4.98 Å². The molecule has 1 unspecified atom stereocenters. The third-order valence-electron chi connectivity index (χ3n) is 2.40. The van der Waals surface area contributed by atoms with E-state index in [2.05, 4.69) is 29.3 Å². The lowest BCUT2D eigenvalue weighted by atomic mass is 10.1. The Balaban J connectivity index is 2.39. The molecule has 1 rings (SSSR count). The Hall–Kier alpha value is -1.05. The van der Waals surface area contributed by atoms with Gasteiger partial charge in [-0.05, 0) is 25.7 Å². The number of hydrogen-bond donors (Lipinski definition) is 1. The monoisotopic (exact) mass is 179 g/mol. The number of aromatic amines is 1. The highest BCUT2D eigenvalue weighted by Gasteiger charge is 2.11. The van der Waals surface area contributed by atoms with Crippen LogP contribution in [0, 0.1) is 0 Å². The first-order valence-electron chi connectivity index (χ1n) is 5.03. The molecule has 72 valence electrons. The van der Waals surface area contributed by atoms with E-state index in [1.54, 1.807) is 0 Å². The smallest absolute Gasteiger partial charge is 0.241 e. The number of aromatic nitrogens is 2. The average Bonchev–Trinajstić information content (AvgIpc) is 2.65. The molecule has 1 heterocycles. The maximum atomic E-state index is 3.73. The minimum atomic E-state index is 0.645. The molecule has 0 bridgehead atoms. The van der Waals surface area contributed by atoms with Gasteiger partial charge in [-0.2, -0.15) is 0 Å². The van der Waals surface area contributed by atoms with Crippen LogP contribution in [-0.4, -0.2) is 4.98 Å². The molecule has 0 aromatic carbocycles. The molecule has 13 heavy (non-hydrogen) atoms. The van der Waals surface area contributed by atoms with Crippen LogP contribution >= 0.6 is 0 Å². The number of allylic oxidation sites excluding steroid dienone is 1. The molecule has 0 aliphatic rings. The molecule has 0 radical (unpaired) electrons. The molecule has 1 aromatic heterocycles. The van der Waals surface area contributed by atoms with Gasteiger partial charge in [0.15, 0.2) is 0 Å². The van der Waals surface area contributed by atoms with Gasteiger partial charge in [-0.15, -0.1) is 6.58 Å². The van der Waals surface area contributed by atoms with Crippen LogP contribution in [0.2, 0.25) is 0 Å². The molecular weight excluding hydrogens is 160 g/mol. The molecule has 1 aromatic rings. The fourth-order valence-corrected chi connectivity index (χ4v) is 1.59. The SMILES string of the molecule is C=CCCCC(CC)[n+]1cc[nH]c1. The number of hydrogen-bond acceptors (Lipinski definition) is 0. The van der Waals surface area contributed by atoms with Crippen LogP contribution < -0.4 is 4.57 Å². The van der Waals surface area contributed by atoms with Gasteiger partial charge in [0.05, 0.1) is 0 Å². The molecule has 1 atom stereocenters. The fraction of sp³-hybridized carbons (Fsp3) is 0.545. The molecule has 2 heteroatoms. The van der Waals surface area contributed by atoms with Crippen molar-refractivity contribution in [2.75, 3.05) is 0 Å². The highest BCUT2D eigenvalue weighted by atomic mass is 15.0. The summed E-state index contributed by atoms with van der Waals surface area (Å²) < 4.78 is 2.25. The van der Waals surface area contributed by atoms with E-state index >= 15 is 0 Å². The summed E-state index contributed by atoms with van der Waals surface area (Å²) in [4.78, 5) is 3.08. The number of rotatable bonds is 6. The highest BCUT2D eigenvalue weighted by Crippen LogP contribution is 2.11. The number of imidazole rings is 1. The summed E-state index contributed by atoms with van der Waals surface area (Å²) in [7, 11) is 0. The zero-order valence-corrected chi connectivity index (χ0v) is 8.37. The average molecular weight is 179 g/mol. The molecule has 0 aliphatic heterocycles. The topological polar surface area (TPSA) is 19.7 Å². The summed E-state index contributed by atoms with van der Waals surface area (Å²) in [6.45, 7) is 5.97. The van der Waals surface area contributed by atoms with Crippen molar-refractivity contribution in [2.45, 2.75) is 38.6 Å². The van der Waals surface area contributed by atoms with Gasteiger partial charge in [0.25, 0.3) is 0 Å². The van der Waals surface area contributed by atoms with E-state index in [4.69, 9.17) is 0 Å². The molecular formula is C11H19N2+. The van der Waals surface area contributed by atoms with Crippen LogP contribution in [0.3, 0.4) is 0 Å². The first-order chi connectivity index (χ1) is 6.38. The fourth-order valence-electron chi connectivity index (χ4n) is 1.59. The van der Waals surface area contributed by atoms with E-state index in [0.717, 1.165) is 6.42 Å². The van der Waals surface area contributed by atoms with Crippen molar-refractivity contribution in [3.05, 3.63) is 31.4 Å². The van der Waals surface area contributed by atoms with Gasteiger partial charge < -0.3 is 0 Å². The lowest BCUT2D eigenvalue weighted by molar-refractivity contribution is -0.722. The lowest BCUT2D eigenvalue weighted by Crippen LogP contribution is -2.36. The Morgan fingerprint density at radius 2 is 2.46 bits per heavy atom. The summed E-state index contributed by atoms with van der Waals surface area (Å²) in [5.41, 5.74) is 0. The second-order valence-corrected chi connectivity index (χ2v) is 3.34. The minimum Gasteiger partial charge on any atom is -0.250 e. The molecule has 0 saturated heterocycles. The minimum absolute atomic E-state index is 0.645. The van der Waals surface area contributed by atoms with Gasteiger partial charge in [-0.25, -0.2) is 4.57 Å². The number of nitrogens with one attached hydrogen (secondary N) is 1. The third-order valence-corrected chi connectivity index (χ3v) is 2.40. The Kier molecular flexibility index (Phi) is 4.30. The number of nitrogens with zero attached hydrogens (tertiary/aromatic N) is 1. The largest absolute Gasteiger partial charge is 0.250 e. The van der Waals surface area contributed by atoms with Crippen LogP contribution in [0.5, 0.6) is 0 Å². The van der Waals surface area contributed by atoms with Crippen molar-refractivity contribution < 1.29 is 4.57 Å². The first kappa shape index (κ1) is 10.0. The Morgan fingerprint density at radius 3 is 3.00 bits per heavy atom. The normalized spacial score (nSPS) is 12.7. The van der Waals surface area contributed by atoms with Crippen LogP contribution in [-0.2, 0) is 0 Å². The summed E-state index contributed by atoms with van der Waals surface area (Å²) in [6, 6.07) is 0.645. The van der Waals surface area contributed by atoms with Gasteiger partial charge >= 0.3 is 0 Å². The maximum Gasteiger partial charge on any atom is 0.241 e. The molecule has 0 saturated carbocycles. The zero-order chi connectivity index (χ0) is 9.52. The Morgan fingerprint density at radius 1 is 1.62 bits per heavy atom. The molecule has 0 aliphatic carbocycles. The second-order valence-electron chi connectivity index (χ2n) is 3.34. The molecule has 0 amide bonds. The van der Waals surface area contributed by atoms with Gasteiger partial charge in [0.2, 0.25) is 6.33 Å². The Labute approximate surface area is 80.3 Å². The van der Waals surface area contributed by atoms with E-state index in [-0.39, 0.29) is 0 Å². The van der Waals surface area contributed by atoms with Crippen molar-refractivity contribution in [1.29, 1.82) is 0 Å². The molecule has 1 N–H and O–H groups in total. The van der Waals surface area contributed by atoms with Crippen molar-refractivity contribution in [3.63, 3.8) is 0 Å². The summed E-state index contributed by atoms with van der Waals surface area (Å²) >= 11 is 0. The Bertz CT molecular complexity index is 226. The highest BCUT2D eigenvalue weighted by molar-refractivity contribution is 4.67. The van der Waals surface area contributed by atoms with Gasteiger partial charge in [-0.1, -0.05) is 13.0 Å². The molecule has 0 spiro atoms. The number of unbranched alkanes of at least 4 members (excludes halogenated alkanes) is 1. The summed E-state index contributed by atoms with van der Waals surface area (Å²) in [6.07, 6.45) is 12.9. The molecule has 0 fully saturated rings. The van der Waals surface area contributed by atoms with Crippen LogP contribution in [0.1, 0.15) is 38.6 Å². The van der Waals surface area contributed by atoms with Crippen LogP contribution in [0.15, 0.2) is 31.4 Å². The van der Waals surface area contributed by atoms with Gasteiger partial charge in [0.1, 0.15) is 18.4 Å². The van der Waals surface area contributed by atoms with E-state index in [1.807, 2.05) is 18.6 Å². The van der Waals surface area contributed by atoms with Crippen LogP contribution in [0.25, 0.3) is 0 Å².